The van der Waals surface area contributed by atoms with Crippen molar-refractivity contribution in [3.05, 3.63) is 23.2 Å². The molecule has 1 atom stereocenters. The zero-order valence-corrected chi connectivity index (χ0v) is 11.9. The average Bonchev–Trinajstić information content (AvgIpc) is 2.81. The summed E-state index contributed by atoms with van der Waals surface area (Å²) in [6.45, 7) is 0. The average molecular weight is 286 g/mol. The summed E-state index contributed by atoms with van der Waals surface area (Å²) >= 11 is 7.88. The van der Waals surface area contributed by atoms with E-state index in [1.807, 2.05) is 37.2 Å². The van der Waals surface area contributed by atoms with E-state index in [1.165, 1.54) is 0 Å². The van der Waals surface area contributed by atoms with Gasteiger partial charge >= 0.3 is 0 Å². The number of amides is 1. The third-order valence-electron chi connectivity index (χ3n) is 2.72. The molecule has 1 unspecified atom stereocenters. The summed E-state index contributed by atoms with van der Waals surface area (Å²) in [4.78, 5) is 13.9. The van der Waals surface area contributed by atoms with Gasteiger partial charge in [0, 0.05) is 25.7 Å². The van der Waals surface area contributed by atoms with Crippen LogP contribution in [-0.2, 0) is 4.79 Å². The van der Waals surface area contributed by atoms with Gasteiger partial charge in [-0.25, -0.2) is 0 Å². The van der Waals surface area contributed by atoms with Gasteiger partial charge in [0.05, 0.1) is 22.4 Å². The van der Waals surface area contributed by atoms with Crippen LogP contribution in [0.5, 0.6) is 0 Å². The fourth-order valence-corrected chi connectivity index (χ4v) is 3.14. The number of hydrogen-bond donors (Lipinski definition) is 2. The van der Waals surface area contributed by atoms with Crippen molar-refractivity contribution >= 4 is 40.6 Å². The molecule has 1 heterocycles. The maximum absolute atomic E-state index is 12.1. The molecule has 1 aliphatic heterocycles. The van der Waals surface area contributed by atoms with Gasteiger partial charge in [-0.1, -0.05) is 17.7 Å². The van der Waals surface area contributed by atoms with Crippen LogP contribution in [-0.4, -0.2) is 37.7 Å². The van der Waals surface area contributed by atoms with Gasteiger partial charge in [-0.2, -0.15) is 0 Å². The maximum Gasteiger partial charge on any atom is 0.242 e. The molecule has 6 heteroatoms. The van der Waals surface area contributed by atoms with Crippen molar-refractivity contribution in [3.8, 4) is 0 Å². The van der Waals surface area contributed by atoms with Gasteiger partial charge in [-0.15, -0.1) is 11.8 Å². The van der Waals surface area contributed by atoms with Gasteiger partial charge in [0.25, 0.3) is 0 Å². The highest BCUT2D eigenvalue weighted by atomic mass is 35.5. The summed E-state index contributed by atoms with van der Waals surface area (Å²) in [6, 6.07) is 5.39. The SMILES string of the molecule is CN(C)c1c(Cl)cccc1NC(=O)C1CSCN1. The first kappa shape index (κ1) is 13.5. The molecule has 0 spiro atoms. The summed E-state index contributed by atoms with van der Waals surface area (Å²) in [5, 5.41) is 6.71. The molecule has 1 saturated heterocycles. The van der Waals surface area contributed by atoms with E-state index in [4.69, 9.17) is 11.6 Å². The molecule has 1 amide bonds. The number of carbonyl (C=O) groups excluding carboxylic acids is 1. The number of nitrogens with one attached hydrogen (secondary N) is 2. The Morgan fingerprint density at radius 3 is 2.94 bits per heavy atom. The standard InChI is InChI=1S/C12H16ClN3OS/c1-16(2)11-8(13)4-3-5-9(11)15-12(17)10-6-18-7-14-10/h3-5,10,14H,6-7H2,1-2H3,(H,15,17). The zero-order chi connectivity index (χ0) is 13.1. The summed E-state index contributed by atoms with van der Waals surface area (Å²) in [5.74, 6) is 1.63. The monoisotopic (exact) mass is 285 g/mol. The molecule has 18 heavy (non-hydrogen) atoms. The summed E-state index contributed by atoms with van der Waals surface area (Å²) < 4.78 is 0. The lowest BCUT2D eigenvalue weighted by molar-refractivity contribution is -0.117. The molecule has 2 rings (SSSR count). The Labute approximate surface area is 116 Å². The number of anilines is 2. The largest absolute Gasteiger partial charge is 0.375 e. The van der Waals surface area contributed by atoms with E-state index < -0.39 is 0 Å². The Morgan fingerprint density at radius 2 is 2.33 bits per heavy atom. The highest BCUT2D eigenvalue weighted by Crippen LogP contribution is 2.32. The molecule has 0 aromatic heterocycles. The van der Waals surface area contributed by atoms with Gasteiger partial charge in [0.15, 0.2) is 0 Å². The number of halogens is 1. The molecular weight excluding hydrogens is 270 g/mol. The summed E-state index contributed by atoms with van der Waals surface area (Å²) in [6.07, 6.45) is 0. The third kappa shape index (κ3) is 2.91. The normalized spacial score (nSPS) is 18.7. The molecule has 2 N–H and O–H groups in total. The van der Waals surface area contributed by atoms with Crippen LogP contribution in [0.15, 0.2) is 18.2 Å². The molecule has 98 valence electrons. The third-order valence-corrected chi connectivity index (χ3v) is 3.97. The molecular formula is C12H16ClN3OS. The number of rotatable bonds is 3. The molecule has 4 nitrogen and oxygen atoms in total. The van der Waals surface area contributed by atoms with Crippen molar-refractivity contribution in [2.45, 2.75) is 6.04 Å². The van der Waals surface area contributed by atoms with Crippen LogP contribution in [0, 0.1) is 0 Å². The van der Waals surface area contributed by atoms with Crippen molar-refractivity contribution < 1.29 is 4.79 Å². The second-order valence-electron chi connectivity index (χ2n) is 4.29. The molecule has 0 bridgehead atoms. The van der Waals surface area contributed by atoms with Gasteiger partial charge in [0.1, 0.15) is 0 Å². The van der Waals surface area contributed by atoms with Crippen LogP contribution >= 0.6 is 23.4 Å². The number of para-hydroxylation sites is 1. The molecule has 0 saturated carbocycles. The number of hydrogen-bond acceptors (Lipinski definition) is 4. The number of carbonyl (C=O) groups is 1. The smallest absolute Gasteiger partial charge is 0.242 e. The van der Waals surface area contributed by atoms with E-state index in [0.29, 0.717) is 5.02 Å². The summed E-state index contributed by atoms with van der Waals surface area (Å²) in [7, 11) is 3.81. The first-order valence-corrected chi connectivity index (χ1v) is 7.20. The van der Waals surface area contributed by atoms with Gasteiger partial charge in [-0.05, 0) is 12.1 Å². The van der Waals surface area contributed by atoms with Crippen LogP contribution in [0.4, 0.5) is 11.4 Å². The van der Waals surface area contributed by atoms with Crippen molar-refractivity contribution in [2.75, 3.05) is 35.9 Å². The quantitative estimate of drug-likeness (QED) is 0.892. The fourth-order valence-electron chi connectivity index (χ4n) is 1.85. The maximum atomic E-state index is 12.1. The predicted molar refractivity (Wildman–Crippen MR) is 78.7 cm³/mol. The van der Waals surface area contributed by atoms with Crippen LogP contribution in [0.1, 0.15) is 0 Å². The molecule has 1 aromatic carbocycles. The van der Waals surface area contributed by atoms with Crippen LogP contribution in [0.25, 0.3) is 0 Å². The van der Waals surface area contributed by atoms with Crippen molar-refractivity contribution in [1.29, 1.82) is 0 Å². The highest BCUT2D eigenvalue weighted by Gasteiger charge is 2.23. The van der Waals surface area contributed by atoms with E-state index in [0.717, 1.165) is 23.0 Å². The predicted octanol–water partition coefficient (Wildman–Crippen LogP) is 2.01. The molecule has 1 aliphatic rings. The second kappa shape index (κ2) is 5.82. The fraction of sp³-hybridized carbons (Fsp3) is 0.417. The van der Waals surface area contributed by atoms with Crippen molar-refractivity contribution in [1.82, 2.24) is 5.32 Å². The van der Waals surface area contributed by atoms with E-state index in [1.54, 1.807) is 11.8 Å². The number of nitrogens with zero attached hydrogens (tertiary/aromatic N) is 1. The first-order valence-electron chi connectivity index (χ1n) is 5.67. The molecule has 1 fully saturated rings. The van der Waals surface area contributed by atoms with Gasteiger partial charge in [0.2, 0.25) is 5.91 Å². The lowest BCUT2D eigenvalue weighted by Gasteiger charge is -2.20. The Hall–Kier alpha value is -0.910. The summed E-state index contributed by atoms with van der Waals surface area (Å²) in [5.41, 5.74) is 1.58. The van der Waals surface area contributed by atoms with Crippen molar-refractivity contribution in [2.24, 2.45) is 0 Å². The minimum absolute atomic E-state index is 0.00892. The number of thioether (sulfide) groups is 1. The Kier molecular flexibility index (Phi) is 4.37. The Morgan fingerprint density at radius 1 is 1.56 bits per heavy atom. The minimum Gasteiger partial charge on any atom is -0.375 e. The molecule has 0 radical (unpaired) electrons. The van der Waals surface area contributed by atoms with Gasteiger partial charge in [-0.3, -0.25) is 10.1 Å². The highest BCUT2D eigenvalue weighted by molar-refractivity contribution is 7.99. The second-order valence-corrected chi connectivity index (χ2v) is 5.73. The topological polar surface area (TPSA) is 44.4 Å². The number of benzene rings is 1. The molecule has 0 aliphatic carbocycles. The van der Waals surface area contributed by atoms with Crippen LogP contribution in [0.3, 0.4) is 0 Å². The Bertz CT molecular complexity index is 447. The van der Waals surface area contributed by atoms with Gasteiger partial charge < -0.3 is 10.2 Å². The van der Waals surface area contributed by atoms with Crippen LogP contribution in [0.2, 0.25) is 5.02 Å². The lowest BCUT2D eigenvalue weighted by atomic mass is 10.2. The van der Waals surface area contributed by atoms with E-state index >= 15 is 0 Å². The molecule has 1 aromatic rings. The first-order chi connectivity index (χ1) is 8.59. The zero-order valence-electron chi connectivity index (χ0n) is 10.4. The minimum atomic E-state index is -0.121. The van der Waals surface area contributed by atoms with E-state index in [2.05, 4.69) is 10.6 Å². The van der Waals surface area contributed by atoms with E-state index in [9.17, 15) is 4.79 Å². The van der Waals surface area contributed by atoms with E-state index in [-0.39, 0.29) is 11.9 Å². The lowest BCUT2D eigenvalue weighted by Crippen LogP contribution is -2.37. The van der Waals surface area contributed by atoms with Crippen molar-refractivity contribution in [3.63, 3.8) is 0 Å². The Balaban J connectivity index is 2.18. The van der Waals surface area contributed by atoms with Crippen LogP contribution < -0.4 is 15.5 Å².